The van der Waals surface area contributed by atoms with Gasteiger partial charge in [0.15, 0.2) is 0 Å². The Morgan fingerprint density at radius 3 is 2.09 bits per heavy atom. The maximum atomic E-state index is 13.6. The molecule has 0 spiro atoms. The molecule has 0 bridgehead atoms. The van der Waals surface area contributed by atoms with Crippen molar-refractivity contribution in [3.63, 3.8) is 0 Å². The van der Waals surface area contributed by atoms with Crippen molar-refractivity contribution in [3.05, 3.63) is 95.6 Å². The summed E-state index contributed by atoms with van der Waals surface area (Å²) in [7, 11) is 0. The zero-order valence-corrected chi connectivity index (χ0v) is 18.6. The third-order valence-corrected chi connectivity index (χ3v) is 5.30. The number of ether oxygens (including phenoxy) is 2. The first-order chi connectivity index (χ1) is 15.3. The van der Waals surface area contributed by atoms with E-state index in [9.17, 15) is 9.59 Å². The quantitative estimate of drug-likeness (QED) is 0.397. The van der Waals surface area contributed by atoms with Crippen molar-refractivity contribution in [3.8, 4) is 5.75 Å². The highest BCUT2D eigenvalue weighted by Gasteiger charge is 2.29. The Labute approximate surface area is 188 Å². The third kappa shape index (κ3) is 4.89. The van der Waals surface area contributed by atoms with Crippen LogP contribution in [0.4, 0.5) is 5.69 Å². The maximum Gasteiger partial charge on any atom is 0.265 e. The fourth-order valence-electron chi connectivity index (χ4n) is 3.48. The van der Waals surface area contributed by atoms with E-state index in [4.69, 9.17) is 9.47 Å². The van der Waals surface area contributed by atoms with Crippen molar-refractivity contribution in [2.75, 3.05) is 18.1 Å². The van der Waals surface area contributed by atoms with E-state index in [0.29, 0.717) is 35.8 Å². The number of nitrogens with zero attached hydrogens (tertiary/aromatic N) is 1. The lowest BCUT2D eigenvalue weighted by Crippen LogP contribution is -2.37. The fraction of sp³-hybridized carbons (Fsp3) is 0.259. The molecule has 5 heteroatoms. The van der Waals surface area contributed by atoms with Crippen LogP contribution in [0.3, 0.4) is 0 Å². The molecule has 0 N–H and O–H groups in total. The smallest absolute Gasteiger partial charge is 0.265 e. The first-order valence-electron chi connectivity index (χ1n) is 10.7. The number of carbonyl (C=O) groups excluding carboxylic acids is 2. The van der Waals surface area contributed by atoms with Crippen LogP contribution >= 0.6 is 0 Å². The van der Waals surface area contributed by atoms with Crippen LogP contribution in [0.5, 0.6) is 5.75 Å². The molecule has 0 radical (unpaired) electrons. The molecule has 1 aliphatic rings. The van der Waals surface area contributed by atoms with Gasteiger partial charge in [0.25, 0.3) is 11.8 Å². The predicted octanol–water partition coefficient (Wildman–Crippen LogP) is 5.25. The Hall–Kier alpha value is -3.44. The minimum absolute atomic E-state index is 0.0997. The van der Waals surface area contributed by atoms with Crippen molar-refractivity contribution < 1.29 is 19.1 Å². The maximum absolute atomic E-state index is 13.6. The molecule has 1 aliphatic heterocycles. The van der Waals surface area contributed by atoms with Crippen LogP contribution in [-0.4, -0.2) is 31.1 Å². The Morgan fingerprint density at radius 2 is 1.50 bits per heavy atom. The molecule has 4 rings (SSSR count). The number of hydrogen-bond donors (Lipinski definition) is 0. The summed E-state index contributed by atoms with van der Waals surface area (Å²) >= 11 is 0. The number of carbonyl (C=O) groups is 2. The van der Waals surface area contributed by atoms with Gasteiger partial charge in [-0.3, -0.25) is 9.59 Å². The molecule has 3 aromatic rings. The van der Waals surface area contributed by atoms with Crippen LogP contribution < -0.4 is 9.64 Å². The average Bonchev–Trinajstić information content (AvgIpc) is 3.63. The highest BCUT2D eigenvalue weighted by Crippen LogP contribution is 2.33. The van der Waals surface area contributed by atoms with Crippen molar-refractivity contribution in [1.29, 1.82) is 0 Å². The van der Waals surface area contributed by atoms with Crippen LogP contribution in [0.2, 0.25) is 0 Å². The molecular weight excluding hydrogens is 402 g/mol. The summed E-state index contributed by atoms with van der Waals surface area (Å²) in [6.07, 6.45) is 0.0997. The van der Waals surface area contributed by atoms with E-state index in [2.05, 4.69) is 20.8 Å². The molecule has 0 saturated carbocycles. The van der Waals surface area contributed by atoms with Gasteiger partial charge in [-0.15, -0.1) is 0 Å². The number of amides is 2. The highest BCUT2D eigenvalue weighted by molar-refractivity contribution is 6.25. The highest BCUT2D eigenvalue weighted by atomic mass is 16.6. The van der Waals surface area contributed by atoms with E-state index in [-0.39, 0.29) is 17.4 Å². The standard InChI is InChI=1S/C27H27NO4/c1-27(2,3)23-15-14-20(16-24(23)32-18-22-17-31-22)26(30)28(21-12-8-5-9-13-21)25(29)19-10-6-4-7-11-19/h4-16,22H,17-18H2,1-3H3. The molecule has 1 fully saturated rings. The zero-order valence-electron chi connectivity index (χ0n) is 18.6. The second-order valence-electron chi connectivity index (χ2n) is 8.87. The summed E-state index contributed by atoms with van der Waals surface area (Å²) < 4.78 is 11.3. The molecule has 32 heavy (non-hydrogen) atoms. The Balaban J connectivity index is 1.73. The molecule has 1 atom stereocenters. The van der Waals surface area contributed by atoms with Crippen molar-refractivity contribution in [2.45, 2.75) is 32.3 Å². The Bertz CT molecular complexity index is 1100. The van der Waals surface area contributed by atoms with Gasteiger partial charge in [0.2, 0.25) is 0 Å². The van der Waals surface area contributed by atoms with E-state index in [0.717, 1.165) is 5.56 Å². The van der Waals surface area contributed by atoms with E-state index in [1.807, 2.05) is 18.2 Å². The molecule has 1 unspecified atom stereocenters. The number of anilines is 1. The molecule has 164 valence electrons. The minimum atomic E-state index is -0.405. The van der Waals surface area contributed by atoms with Gasteiger partial charge in [-0.25, -0.2) is 4.90 Å². The molecule has 0 aromatic heterocycles. The largest absolute Gasteiger partial charge is 0.490 e. The van der Waals surface area contributed by atoms with Crippen LogP contribution in [-0.2, 0) is 10.2 Å². The first kappa shape index (κ1) is 21.8. The topological polar surface area (TPSA) is 59.1 Å². The van der Waals surface area contributed by atoms with Crippen LogP contribution in [0.1, 0.15) is 47.1 Å². The molecule has 0 aliphatic carbocycles. The lowest BCUT2D eigenvalue weighted by atomic mass is 9.85. The van der Waals surface area contributed by atoms with Crippen molar-refractivity contribution >= 4 is 17.5 Å². The summed E-state index contributed by atoms with van der Waals surface area (Å²) in [5, 5.41) is 0. The summed E-state index contributed by atoms with van der Waals surface area (Å²) in [5.41, 5.74) is 2.17. The average molecular weight is 430 g/mol. The van der Waals surface area contributed by atoms with E-state index < -0.39 is 5.91 Å². The van der Waals surface area contributed by atoms with Gasteiger partial charge in [-0.1, -0.05) is 63.2 Å². The number of imide groups is 1. The first-order valence-corrected chi connectivity index (χ1v) is 10.7. The lowest BCUT2D eigenvalue weighted by Gasteiger charge is -2.25. The van der Waals surface area contributed by atoms with Gasteiger partial charge in [0, 0.05) is 11.1 Å². The molecular formula is C27H27NO4. The number of rotatable bonds is 6. The Morgan fingerprint density at radius 1 is 0.906 bits per heavy atom. The molecule has 5 nitrogen and oxygen atoms in total. The van der Waals surface area contributed by atoms with E-state index in [1.54, 1.807) is 60.7 Å². The zero-order chi connectivity index (χ0) is 22.7. The van der Waals surface area contributed by atoms with Crippen molar-refractivity contribution in [2.24, 2.45) is 0 Å². The van der Waals surface area contributed by atoms with Crippen molar-refractivity contribution in [1.82, 2.24) is 0 Å². The third-order valence-electron chi connectivity index (χ3n) is 5.30. The molecule has 3 aromatic carbocycles. The van der Waals surface area contributed by atoms with Crippen LogP contribution in [0.15, 0.2) is 78.9 Å². The number of benzene rings is 3. The number of epoxide rings is 1. The molecule has 1 heterocycles. The summed E-state index contributed by atoms with van der Waals surface area (Å²) in [6, 6.07) is 23.2. The van der Waals surface area contributed by atoms with Crippen LogP contribution in [0.25, 0.3) is 0 Å². The van der Waals surface area contributed by atoms with E-state index in [1.165, 1.54) is 4.90 Å². The van der Waals surface area contributed by atoms with Crippen LogP contribution in [0, 0.1) is 0 Å². The second kappa shape index (κ2) is 8.97. The number of para-hydroxylation sites is 1. The lowest BCUT2D eigenvalue weighted by molar-refractivity contribution is 0.0897. The monoisotopic (exact) mass is 429 g/mol. The normalized spacial score (nSPS) is 15.2. The SMILES string of the molecule is CC(C)(C)c1ccc(C(=O)N(C(=O)c2ccccc2)c2ccccc2)cc1OCC1CO1. The van der Waals surface area contributed by atoms with E-state index >= 15 is 0 Å². The summed E-state index contributed by atoms with van der Waals surface area (Å²) in [4.78, 5) is 28.2. The van der Waals surface area contributed by atoms with Gasteiger partial charge in [-0.2, -0.15) is 0 Å². The number of hydrogen-bond acceptors (Lipinski definition) is 4. The second-order valence-corrected chi connectivity index (χ2v) is 8.87. The van der Waals surface area contributed by atoms with Gasteiger partial charge >= 0.3 is 0 Å². The minimum Gasteiger partial charge on any atom is -0.490 e. The Kier molecular flexibility index (Phi) is 6.10. The van der Waals surface area contributed by atoms with Gasteiger partial charge < -0.3 is 9.47 Å². The predicted molar refractivity (Wildman–Crippen MR) is 124 cm³/mol. The van der Waals surface area contributed by atoms with Gasteiger partial charge in [0.05, 0.1) is 12.3 Å². The van der Waals surface area contributed by atoms with Gasteiger partial charge in [-0.05, 0) is 47.4 Å². The van der Waals surface area contributed by atoms with Gasteiger partial charge in [0.1, 0.15) is 18.5 Å². The molecule has 2 amide bonds. The summed E-state index contributed by atoms with van der Waals surface area (Å²) in [6.45, 7) is 7.42. The molecule has 1 saturated heterocycles. The fourth-order valence-corrected chi connectivity index (χ4v) is 3.48. The summed E-state index contributed by atoms with van der Waals surface area (Å²) in [5.74, 6) is -0.146.